The van der Waals surface area contributed by atoms with Gasteiger partial charge in [-0.25, -0.2) is 4.79 Å². The summed E-state index contributed by atoms with van der Waals surface area (Å²) in [5.41, 5.74) is -2.76. The number of hydrogen-bond acceptors (Lipinski definition) is 4. The third-order valence-electron chi connectivity index (χ3n) is 2.60. The second kappa shape index (κ2) is 7.07. The molecule has 0 saturated heterocycles. The van der Waals surface area contributed by atoms with Gasteiger partial charge in [-0.1, -0.05) is 0 Å². The minimum atomic E-state index is -4.91. The van der Waals surface area contributed by atoms with Crippen molar-refractivity contribution in [3.8, 4) is 0 Å². The van der Waals surface area contributed by atoms with Crippen molar-refractivity contribution >= 4 is 17.4 Å². The largest absolute Gasteiger partial charge is 0.423 e. The van der Waals surface area contributed by atoms with Gasteiger partial charge in [-0.2, -0.15) is 13.2 Å². The number of aliphatic hydroxyl groups is 1. The second-order valence-electron chi connectivity index (χ2n) is 4.51. The Balaban J connectivity index is 2.85. The van der Waals surface area contributed by atoms with Crippen LogP contribution in [0.5, 0.6) is 0 Å². The van der Waals surface area contributed by atoms with Gasteiger partial charge in [0.1, 0.15) is 5.56 Å². The minimum Gasteiger partial charge on any atom is -0.393 e. The number of urea groups is 1. The van der Waals surface area contributed by atoms with E-state index in [4.69, 9.17) is 5.11 Å². The monoisotopic (exact) mass is 321 g/mol. The molecule has 10 heteroatoms. The molecule has 1 aromatic rings. The fourth-order valence-electron chi connectivity index (χ4n) is 1.57. The minimum absolute atomic E-state index is 0.128. The number of nitrogens with one attached hydrogen (secondary N) is 2. The Morgan fingerprint density at radius 1 is 1.45 bits per heavy atom. The van der Waals surface area contributed by atoms with Crippen molar-refractivity contribution in [2.45, 2.75) is 25.6 Å². The van der Waals surface area contributed by atoms with Gasteiger partial charge in [-0.15, -0.1) is 0 Å². The molecule has 0 aliphatic heterocycles. The summed E-state index contributed by atoms with van der Waals surface area (Å²) in [6.45, 7) is 1.65. The van der Waals surface area contributed by atoms with Crippen LogP contribution in [-0.4, -0.2) is 28.7 Å². The van der Waals surface area contributed by atoms with Crippen molar-refractivity contribution in [2.75, 3.05) is 11.9 Å². The maximum atomic E-state index is 12.8. The van der Waals surface area contributed by atoms with Gasteiger partial charge in [0.15, 0.2) is 0 Å². The van der Waals surface area contributed by atoms with E-state index in [1.165, 1.54) is 6.92 Å². The first-order valence-electron chi connectivity index (χ1n) is 6.20. The average molecular weight is 321 g/mol. The van der Waals surface area contributed by atoms with E-state index in [9.17, 15) is 28.1 Å². The number of anilines is 1. The molecule has 0 bridgehead atoms. The highest BCUT2D eigenvalue weighted by molar-refractivity contribution is 5.89. The lowest BCUT2D eigenvalue weighted by Gasteiger charge is -2.11. The van der Waals surface area contributed by atoms with Crippen LogP contribution >= 0.6 is 0 Å². The molecule has 0 heterocycles. The lowest BCUT2D eigenvalue weighted by molar-refractivity contribution is -0.388. The lowest BCUT2D eigenvalue weighted by atomic mass is 10.1. The van der Waals surface area contributed by atoms with E-state index in [0.717, 1.165) is 6.07 Å². The van der Waals surface area contributed by atoms with Gasteiger partial charge in [-0.3, -0.25) is 10.1 Å². The van der Waals surface area contributed by atoms with Gasteiger partial charge in [0.2, 0.25) is 0 Å². The summed E-state index contributed by atoms with van der Waals surface area (Å²) in [5, 5.41) is 24.1. The number of nitro groups is 1. The van der Waals surface area contributed by atoms with Crippen molar-refractivity contribution in [3.05, 3.63) is 33.9 Å². The Kier molecular flexibility index (Phi) is 5.69. The number of carbonyl (C=O) groups excluding carboxylic acids is 1. The van der Waals surface area contributed by atoms with E-state index in [2.05, 4.69) is 10.6 Å². The highest BCUT2D eigenvalue weighted by atomic mass is 19.4. The zero-order chi connectivity index (χ0) is 16.9. The molecular formula is C12H14F3N3O4. The summed E-state index contributed by atoms with van der Waals surface area (Å²) in [4.78, 5) is 20.9. The number of benzene rings is 1. The van der Waals surface area contributed by atoms with Crippen molar-refractivity contribution < 1.29 is 28.0 Å². The van der Waals surface area contributed by atoms with Crippen LogP contribution in [0.3, 0.4) is 0 Å². The standard InChI is InChI=1S/C12H14F3N3O4/c1-7(19)4-5-16-11(20)17-8-2-3-10(18(21)22)9(6-8)12(13,14)15/h2-3,6-7,19H,4-5H2,1H3,(H2,16,17,20)/t7-/m1/s1. The molecule has 0 aromatic heterocycles. The first-order chi connectivity index (χ1) is 10.1. The van der Waals surface area contributed by atoms with Crippen LogP contribution in [-0.2, 0) is 6.18 Å². The number of carbonyl (C=O) groups is 1. The van der Waals surface area contributed by atoms with E-state index in [-0.39, 0.29) is 18.7 Å². The molecule has 0 aliphatic rings. The summed E-state index contributed by atoms with van der Waals surface area (Å²) in [7, 11) is 0. The van der Waals surface area contributed by atoms with Crippen molar-refractivity contribution in [2.24, 2.45) is 0 Å². The SMILES string of the molecule is C[C@@H](O)CCNC(=O)Nc1ccc([N+](=O)[O-])c(C(F)(F)F)c1. The molecule has 1 atom stereocenters. The molecule has 0 saturated carbocycles. The molecule has 2 amide bonds. The zero-order valence-electron chi connectivity index (χ0n) is 11.5. The van der Waals surface area contributed by atoms with Crippen LogP contribution in [0, 0.1) is 10.1 Å². The number of alkyl halides is 3. The van der Waals surface area contributed by atoms with Gasteiger partial charge in [0.25, 0.3) is 5.69 Å². The molecule has 7 nitrogen and oxygen atoms in total. The smallest absolute Gasteiger partial charge is 0.393 e. The molecule has 1 aromatic carbocycles. The maximum absolute atomic E-state index is 12.8. The molecular weight excluding hydrogens is 307 g/mol. The molecule has 1 rings (SSSR count). The van der Waals surface area contributed by atoms with E-state index < -0.39 is 34.5 Å². The molecule has 0 spiro atoms. The molecule has 0 fully saturated rings. The van der Waals surface area contributed by atoms with E-state index in [1.54, 1.807) is 0 Å². The predicted octanol–water partition coefficient (Wildman–Crippen LogP) is 2.51. The van der Waals surface area contributed by atoms with Gasteiger partial charge in [0, 0.05) is 18.3 Å². The van der Waals surface area contributed by atoms with Gasteiger partial charge < -0.3 is 15.7 Å². The van der Waals surface area contributed by atoms with Crippen LogP contribution in [0.1, 0.15) is 18.9 Å². The average Bonchev–Trinajstić information content (AvgIpc) is 2.36. The van der Waals surface area contributed by atoms with Crippen LogP contribution in [0.4, 0.5) is 29.3 Å². The van der Waals surface area contributed by atoms with E-state index in [0.29, 0.717) is 12.1 Å². The van der Waals surface area contributed by atoms with Gasteiger partial charge >= 0.3 is 12.2 Å². The lowest BCUT2D eigenvalue weighted by Crippen LogP contribution is -2.31. The molecule has 0 unspecified atom stereocenters. The van der Waals surface area contributed by atoms with E-state index in [1.807, 2.05) is 0 Å². The zero-order valence-corrected chi connectivity index (χ0v) is 11.5. The number of aliphatic hydroxyl groups excluding tert-OH is 1. The summed E-state index contributed by atoms with van der Waals surface area (Å²) >= 11 is 0. The number of nitro benzene ring substituents is 1. The number of rotatable bonds is 5. The van der Waals surface area contributed by atoms with Crippen molar-refractivity contribution in [3.63, 3.8) is 0 Å². The number of amides is 2. The third-order valence-corrected chi connectivity index (χ3v) is 2.60. The number of nitrogens with zero attached hydrogens (tertiary/aromatic N) is 1. The second-order valence-corrected chi connectivity index (χ2v) is 4.51. The van der Waals surface area contributed by atoms with Crippen LogP contribution in [0.2, 0.25) is 0 Å². The molecule has 122 valence electrons. The fourth-order valence-corrected chi connectivity index (χ4v) is 1.57. The Morgan fingerprint density at radius 2 is 2.09 bits per heavy atom. The Bertz CT molecular complexity index is 561. The third kappa shape index (κ3) is 5.20. The van der Waals surface area contributed by atoms with E-state index >= 15 is 0 Å². The summed E-state index contributed by atoms with van der Waals surface area (Å²) in [6, 6.07) is 1.39. The summed E-state index contributed by atoms with van der Waals surface area (Å²) in [6.07, 6.45) is -5.26. The predicted molar refractivity (Wildman–Crippen MR) is 71.4 cm³/mol. The first-order valence-corrected chi connectivity index (χ1v) is 6.20. The Hall–Kier alpha value is -2.36. The summed E-state index contributed by atoms with van der Waals surface area (Å²) in [5.74, 6) is 0. The highest BCUT2D eigenvalue weighted by Gasteiger charge is 2.38. The number of halogens is 3. The topological polar surface area (TPSA) is 104 Å². The van der Waals surface area contributed by atoms with Crippen molar-refractivity contribution in [1.29, 1.82) is 0 Å². The quantitative estimate of drug-likeness (QED) is 0.572. The molecule has 22 heavy (non-hydrogen) atoms. The molecule has 0 aliphatic carbocycles. The highest BCUT2D eigenvalue weighted by Crippen LogP contribution is 2.37. The molecule has 3 N–H and O–H groups in total. The van der Waals surface area contributed by atoms with Crippen molar-refractivity contribution in [1.82, 2.24) is 5.32 Å². The Labute approximate surface area is 123 Å². The van der Waals surface area contributed by atoms with Crippen LogP contribution in [0.25, 0.3) is 0 Å². The van der Waals surface area contributed by atoms with Crippen LogP contribution in [0.15, 0.2) is 18.2 Å². The number of hydrogen-bond donors (Lipinski definition) is 3. The molecule has 0 radical (unpaired) electrons. The first kappa shape index (κ1) is 17.7. The normalized spacial score (nSPS) is 12.6. The summed E-state index contributed by atoms with van der Waals surface area (Å²) < 4.78 is 38.3. The van der Waals surface area contributed by atoms with Crippen LogP contribution < -0.4 is 10.6 Å². The van der Waals surface area contributed by atoms with Gasteiger partial charge in [0.05, 0.1) is 11.0 Å². The van der Waals surface area contributed by atoms with Gasteiger partial charge in [-0.05, 0) is 25.5 Å². The maximum Gasteiger partial charge on any atom is 0.423 e. The Morgan fingerprint density at radius 3 is 2.59 bits per heavy atom. The fraction of sp³-hybridized carbons (Fsp3) is 0.417.